The Morgan fingerprint density at radius 3 is 2.56 bits per heavy atom. The average molecular weight is 485 g/mol. The van der Waals surface area contributed by atoms with E-state index in [1.165, 1.54) is 23.5 Å². The number of anilines is 1. The first kappa shape index (κ1) is 23.9. The minimum Gasteiger partial charge on any atom is -0.495 e. The lowest BCUT2D eigenvalue weighted by Gasteiger charge is -2.18. The Labute approximate surface area is 199 Å². The van der Waals surface area contributed by atoms with Gasteiger partial charge in [-0.2, -0.15) is 9.29 Å². The van der Waals surface area contributed by atoms with Gasteiger partial charge in [-0.15, -0.1) is 0 Å². The number of carbonyl (C=O) groups is 1. The Morgan fingerprint density at radius 1 is 1.18 bits per heavy atom. The molecule has 34 heavy (non-hydrogen) atoms. The molecule has 1 N–H and O–H groups in total. The summed E-state index contributed by atoms with van der Waals surface area (Å²) in [7, 11) is -2.37. The lowest BCUT2D eigenvalue weighted by Crippen LogP contribution is -2.28. The number of hydrogen-bond donors (Lipinski definition) is 1. The summed E-state index contributed by atoms with van der Waals surface area (Å²) in [5.74, 6) is 0.706. The van der Waals surface area contributed by atoms with E-state index in [1.807, 2.05) is 32.9 Å². The van der Waals surface area contributed by atoms with Gasteiger partial charge >= 0.3 is 0 Å². The maximum absolute atomic E-state index is 13.2. The number of ether oxygens (including phenoxy) is 1. The van der Waals surface area contributed by atoms with Crippen molar-refractivity contribution >= 4 is 21.6 Å². The number of methoxy groups -OCH3 is 1. The van der Waals surface area contributed by atoms with Gasteiger partial charge in [-0.3, -0.25) is 4.79 Å². The molecular weight excluding hydrogens is 456 g/mol. The highest BCUT2D eigenvalue weighted by Gasteiger charge is 2.31. The fraction of sp³-hybridized carbons (Fsp3) is 0.375. The van der Waals surface area contributed by atoms with Crippen LogP contribution in [0.15, 0.2) is 45.8 Å². The van der Waals surface area contributed by atoms with Crippen LogP contribution in [0.2, 0.25) is 0 Å². The van der Waals surface area contributed by atoms with Crippen molar-refractivity contribution in [1.82, 2.24) is 14.4 Å². The predicted octanol–water partition coefficient (Wildman–Crippen LogP) is 4.21. The van der Waals surface area contributed by atoms with Crippen LogP contribution in [0.25, 0.3) is 11.5 Å². The van der Waals surface area contributed by atoms with Crippen LogP contribution < -0.4 is 10.1 Å². The monoisotopic (exact) mass is 484 g/mol. The molecule has 0 atom stereocenters. The molecule has 2 heterocycles. The second-order valence-electron chi connectivity index (χ2n) is 8.54. The van der Waals surface area contributed by atoms with E-state index in [1.54, 1.807) is 12.1 Å². The fourth-order valence-corrected chi connectivity index (χ4v) is 5.56. The van der Waals surface area contributed by atoms with Crippen molar-refractivity contribution in [3.05, 3.63) is 53.3 Å². The quantitative estimate of drug-likeness (QED) is 0.534. The summed E-state index contributed by atoms with van der Waals surface area (Å²) < 4.78 is 38.5. The van der Waals surface area contributed by atoms with E-state index < -0.39 is 15.9 Å². The van der Waals surface area contributed by atoms with E-state index in [0.29, 0.717) is 36.1 Å². The van der Waals surface area contributed by atoms with Gasteiger partial charge in [0.05, 0.1) is 18.4 Å². The third kappa shape index (κ3) is 4.55. The third-order valence-electron chi connectivity index (χ3n) is 5.81. The van der Waals surface area contributed by atoms with Crippen LogP contribution in [0.4, 0.5) is 5.69 Å². The van der Waals surface area contributed by atoms with Gasteiger partial charge in [-0.05, 0) is 49.6 Å². The molecule has 0 unspecified atom stereocenters. The van der Waals surface area contributed by atoms with Crippen molar-refractivity contribution in [2.75, 3.05) is 25.5 Å². The fourth-order valence-electron chi connectivity index (χ4n) is 3.86. The van der Waals surface area contributed by atoms with Gasteiger partial charge in [0.15, 0.2) is 5.82 Å². The van der Waals surface area contributed by atoms with Crippen LogP contribution in [0.1, 0.15) is 54.4 Å². The minimum atomic E-state index is -3.78. The molecule has 0 radical (unpaired) electrons. The zero-order valence-corrected chi connectivity index (χ0v) is 20.5. The Bertz CT molecular complexity index is 1310. The van der Waals surface area contributed by atoms with Crippen molar-refractivity contribution in [1.29, 1.82) is 0 Å². The van der Waals surface area contributed by atoms with Crippen molar-refractivity contribution in [2.24, 2.45) is 0 Å². The van der Waals surface area contributed by atoms with Crippen LogP contribution >= 0.6 is 0 Å². The summed E-state index contributed by atoms with van der Waals surface area (Å²) in [6.07, 6.45) is 1.62. The highest BCUT2D eigenvalue weighted by Crippen LogP contribution is 2.33. The van der Waals surface area contributed by atoms with Crippen LogP contribution in [0.3, 0.4) is 0 Å². The maximum Gasteiger partial charge on any atom is 0.260 e. The second kappa shape index (κ2) is 9.55. The van der Waals surface area contributed by atoms with Gasteiger partial charge in [0.2, 0.25) is 10.0 Å². The molecule has 9 nitrogen and oxygen atoms in total. The third-order valence-corrected chi connectivity index (χ3v) is 7.73. The van der Waals surface area contributed by atoms with Gasteiger partial charge in [-0.1, -0.05) is 31.1 Å². The van der Waals surface area contributed by atoms with Crippen molar-refractivity contribution in [2.45, 2.75) is 44.4 Å². The summed E-state index contributed by atoms with van der Waals surface area (Å²) in [6.45, 7) is 6.69. The van der Waals surface area contributed by atoms with E-state index in [2.05, 4.69) is 15.5 Å². The number of rotatable bonds is 7. The number of hydrogen-bond acceptors (Lipinski definition) is 7. The molecule has 2 aromatic carbocycles. The van der Waals surface area contributed by atoms with E-state index in [-0.39, 0.29) is 22.1 Å². The summed E-state index contributed by atoms with van der Waals surface area (Å²) in [5, 5.41) is 6.91. The lowest BCUT2D eigenvalue weighted by atomic mass is 10.1. The van der Waals surface area contributed by atoms with Crippen LogP contribution in [0, 0.1) is 6.92 Å². The number of nitrogens with zero attached hydrogens (tertiary/aromatic N) is 3. The topological polar surface area (TPSA) is 115 Å². The molecule has 1 fully saturated rings. The molecule has 10 heteroatoms. The molecule has 1 aliphatic heterocycles. The summed E-state index contributed by atoms with van der Waals surface area (Å²) in [6, 6.07) is 9.90. The molecule has 0 aliphatic carbocycles. The van der Waals surface area contributed by atoms with Gasteiger partial charge in [-0.25, -0.2) is 8.42 Å². The largest absolute Gasteiger partial charge is 0.495 e. The maximum atomic E-state index is 13.2. The molecule has 1 saturated heterocycles. The van der Waals surface area contributed by atoms with Crippen LogP contribution in [-0.4, -0.2) is 49.0 Å². The van der Waals surface area contributed by atoms with Crippen LogP contribution in [-0.2, 0) is 10.0 Å². The van der Waals surface area contributed by atoms with Crippen LogP contribution in [0.5, 0.6) is 5.75 Å². The average Bonchev–Trinajstić information content (AvgIpc) is 3.53. The number of amides is 1. The zero-order valence-electron chi connectivity index (χ0n) is 19.7. The molecule has 0 saturated carbocycles. The van der Waals surface area contributed by atoms with Crippen molar-refractivity contribution in [3.8, 4) is 17.2 Å². The summed E-state index contributed by atoms with van der Waals surface area (Å²) in [5.41, 5.74) is 2.10. The highest BCUT2D eigenvalue weighted by atomic mass is 32.2. The Morgan fingerprint density at radius 2 is 1.91 bits per heavy atom. The number of carbonyl (C=O) groups excluding carboxylic acids is 1. The standard InChI is InChI=1S/C24H28N4O5S/c1-15(2)22-26-24(33-27-22)18-9-7-8-16(3)21(18)25-23(29)17-10-11-19(32-4)20(14-17)34(30,31)28-12-5-6-13-28/h7-11,14-15H,5-6,12-13H2,1-4H3,(H,25,29). The lowest BCUT2D eigenvalue weighted by molar-refractivity contribution is 0.102. The highest BCUT2D eigenvalue weighted by molar-refractivity contribution is 7.89. The van der Waals surface area contributed by atoms with Crippen molar-refractivity contribution in [3.63, 3.8) is 0 Å². The van der Waals surface area contributed by atoms with Crippen molar-refractivity contribution < 1.29 is 22.5 Å². The van der Waals surface area contributed by atoms with E-state index in [9.17, 15) is 13.2 Å². The first-order chi connectivity index (χ1) is 16.2. The molecule has 3 aromatic rings. The smallest absolute Gasteiger partial charge is 0.260 e. The first-order valence-electron chi connectivity index (χ1n) is 11.2. The molecule has 4 rings (SSSR count). The van der Waals surface area contributed by atoms with Gasteiger partial charge in [0.25, 0.3) is 11.8 Å². The number of aromatic nitrogens is 2. The van der Waals surface area contributed by atoms with E-state index in [4.69, 9.17) is 9.26 Å². The number of nitrogens with one attached hydrogen (secondary N) is 1. The van der Waals surface area contributed by atoms with E-state index in [0.717, 1.165) is 18.4 Å². The molecule has 0 spiro atoms. The Hall–Kier alpha value is -3.24. The predicted molar refractivity (Wildman–Crippen MR) is 128 cm³/mol. The zero-order chi connectivity index (χ0) is 24.5. The van der Waals surface area contributed by atoms with Gasteiger partial charge in [0.1, 0.15) is 10.6 Å². The van der Waals surface area contributed by atoms with Gasteiger partial charge in [0, 0.05) is 24.6 Å². The number of benzene rings is 2. The molecule has 0 bridgehead atoms. The van der Waals surface area contributed by atoms with E-state index >= 15 is 0 Å². The summed E-state index contributed by atoms with van der Waals surface area (Å²) >= 11 is 0. The normalized spacial score (nSPS) is 14.5. The molecule has 1 aromatic heterocycles. The minimum absolute atomic E-state index is 0.0203. The van der Waals surface area contributed by atoms with Gasteiger partial charge < -0.3 is 14.6 Å². The SMILES string of the molecule is COc1ccc(C(=O)Nc2c(C)cccc2-c2nc(C(C)C)no2)cc1S(=O)(=O)N1CCCC1. The Balaban J connectivity index is 1.69. The molecular formula is C24H28N4O5S. The number of sulfonamides is 1. The first-order valence-corrected chi connectivity index (χ1v) is 12.6. The molecule has 180 valence electrons. The number of aryl methyl sites for hydroxylation is 1. The molecule has 1 amide bonds. The summed E-state index contributed by atoms with van der Waals surface area (Å²) in [4.78, 5) is 17.7. The second-order valence-corrected chi connectivity index (χ2v) is 10.4. The Kier molecular flexibility index (Phi) is 6.72. The molecule has 1 aliphatic rings. The number of para-hydroxylation sites is 1.